The van der Waals surface area contributed by atoms with Gasteiger partial charge in [0.15, 0.2) is 0 Å². The van der Waals surface area contributed by atoms with E-state index in [0.29, 0.717) is 0 Å². The summed E-state index contributed by atoms with van der Waals surface area (Å²) in [5, 5.41) is 0. The van der Waals surface area contributed by atoms with Crippen LogP contribution in [-0.2, 0) is 6.42 Å². The Balaban J connectivity index is 2.44. The third-order valence-corrected chi connectivity index (χ3v) is 5.26. The minimum absolute atomic E-state index is 0.00765. The van der Waals surface area contributed by atoms with Crippen LogP contribution in [0.25, 0.3) is 0 Å². The normalized spacial score (nSPS) is 16.8. The first kappa shape index (κ1) is 21.6. The van der Waals surface area contributed by atoms with E-state index >= 15 is 0 Å². The molecule has 0 spiro atoms. The van der Waals surface area contributed by atoms with Crippen molar-refractivity contribution < 1.29 is 0 Å². The smallest absolute Gasteiger partial charge is 0.0810 e. The summed E-state index contributed by atoms with van der Waals surface area (Å²) >= 11 is 0. The molecule has 1 nitrogen and oxygen atoms in total. The lowest BCUT2D eigenvalue weighted by Crippen LogP contribution is -2.14. The van der Waals surface area contributed by atoms with Crippen LogP contribution in [0.4, 0.5) is 0 Å². The number of hydrogen-bond donors (Lipinski definition) is 0. The molecule has 2 atom stereocenters. The lowest BCUT2D eigenvalue weighted by Gasteiger charge is -2.26. The molecule has 0 N–H and O–H groups in total. The maximum absolute atomic E-state index is 4.56. The Bertz CT molecular complexity index is 874. The Kier molecular flexibility index (Phi) is 7.75. The Hall–Kier alpha value is -2.67. The molecule has 1 aliphatic carbocycles. The van der Waals surface area contributed by atoms with E-state index in [2.05, 4.69) is 94.2 Å². The van der Waals surface area contributed by atoms with Crippen LogP contribution in [0.1, 0.15) is 49.9 Å². The van der Waals surface area contributed by atoms with Crippen LogP contribution in [0.3, 0.4) is 0 Å². The Morgan fingerprint density at radius 2 is 2.07 bits per heavy atom. The molecule has 0 saturated heterocycles. The molecule has 1 aliphatic rings. The predicted molar refractivity (Wildman–Crippen MR) is 125 cm³/mol. The molecular weight excluding hydrogens is 338 g/mol. The number of allylic oxidation sites excluding steroid dienone is 9. The predicted octanol–water partition coefficient (Wildman–Crippen LogP) is 7.44. The van der Waals surface area contributed by atoms with Crippen molar-refractivity contribution in [2.24, 2.45) is 10.9 Å². The molecular formula is C27H33N. The number of aliphatic imine (C=N–C) groups is 1. The van der Waals surface area contributed by atoms with E-state index in [0.717, 1.165) is 24.0 Å². The standard InChI is InChI=1S/C27H33N/c1-8-9-13-25(19(2)3)22(6)27(28-7)26-15-14-21(5)17-24(26)18-23-12-10-11-20(4)16-23/h8-11,13-17,22,27H,2,4,7,12,18H2,1,3,5-6H3/b9-8-,25-13-/t22-,27?/m1/s1. The molecule has 1 aromatic carbocycles. The van der Waals surface area contributed by atoms with Crippen molar-refractivity contribution in [2.45, 2.75) is 46.6 Å². The highest BCUT2D eigenvalue weighted by Crippen LogP contribution is 2.37. The summed E-state index contributed by atoms with van der Waals surface area (Å²) in [6, 6.07) is 6.68. The molecule has 0 aromatic heterocycles. The zero-order chi connectivity index (χ0) is 20.7. The van der Waals surface area contributed by atoms with Gasteiger partial charge in [-0.3, -0.25) is 4.99 Å². The van der Waals surface area contributed by atoms with Gasteiger partial charge in [0.1, 0.15) is 0 Å². The SMILES string of the molecule is C=NC(c1ccc(C)cc1CC1=CC(=C)C=CC1)[C@H](C)/C(=C\C=C/C)C(=C)C. The molecule has 0 saturated carbocycles. The van der Waals surface area contributed by atoms with Crippen molar-refractivity contribution >= 4 is 6.72 Å². The quantitative estimate of drug-likeness (QED) is 0.333. The fourth-order valence-corrected chi connectivity index (χ4v) is 3.85. The molecule has 0 heterocycles. The monoisotopic (exact) mass is 371 g/mol. The van der Waals surface area contributed by atoms with Crippen LogP contribution in [0.2, 0.25) is 0 Å². The summed E-state index contributed by atoms with van der Waals surface area (Å²) in [6.07, 6.45) is 14.6. The molecule has 0 amide bonds. The van der Waals surface area contributed by atoms with Crippen LogP contribution < -0.4 is 0 Å². The maximum atomic E-state index is 4.56. The van der Waals surface area contributed by atoms with Crippen LogP contribution in [-0.4, -0.2) is 6.72 Å². The first-order valence-electron chi connectivity index (χ1n) is 9.96. The Labute approximate surface area is 171 Å². The van der Waals surface area contributed by atoms with Gasteiger partial charge in [-0.05, 0) is 62.6 Å². The van der Waals surface area contributed by atoms with E-state index in [9.17, 15) is 0 Å². The van der Waals surface area contributed by atoms with Gasteiger partial charge >= 0.3 is 0 Å². The van der Waals surface area contributed by atoms with Gasteiger partial charge < -0.3 is 0 Å². The van der Waals surface area contributed by atoms with E-state index in [4.69, 9.17) is 0 Å². The molecule has 0 bridgehead atoms. The summed E-state index contributed by atoms with van der Waals surface area (Å²) < 4.78 is 0. The fourth-order valence-electron chi connectivity index (χ4n) is 3.85. The zero-order valence-electron chi connectivity index (χ0n) is 17.8. The van der Waals surface area contributed by atoms with Gasteiger partial charge in [-0.2, -0.15) is 0 Å². The molecule has 28 heavy (non-hydrogen) atoms. The van der Waals surface area contributed by atoms with Gasteiger partial charge in [0.25, 0.3) is 0 Å². The van der Waals surface area contributed by atoms with Crippen LogP contribution >= 0.6 is 0 Å². The largest absolute Gasteiger partial charge is 0.292 e. The van der Waals surface area contributed by atoms with Gasteiger partial charge in [-0.1, -0.05) is 91.4 Å². The number of rotatable bonds is 8. The second kappa shape index (κ2) is 10.0. The van der Waals surface area contributed by atoms with E-state index in [1.807, 2.05) is 13.0 Å². The molecule has 146 valence electrons. The zero-order valence-corrected chi connectivity index (χ0v) is 17.8. The minimum atomic E-state index is -0.00765. The topological polar surface area (TPSA) is 12.4 Å². The highest BCUT2D eigenvalue weighted by molar-refractivity contribution is 5.44. The average molecular weight is 372 g/mol. The van der Waals surface area contributed by atoms with E-state index in [1.54, 1.807) is 0 Å². The molecule has 0 aliphatic heterocycles. The molecule has 0 radical (unpaired) electrons. The highest BCUT2D eigenvalue weighted by Gasteiger charge is 2.24. The number of nitrogens with zero attached hydrogens (tertiary/aromatic N) is 1. The summed E-state index contributed by atoms with van der Waals surface area (Å²) in [5.41, 5.74) is 8.59. The Morgan fingerprint density at radius 3 is 2.68 bits per heavy atom. The Morgan fingerprint density at radius 1 is 1.32 bits per heavy atom. The van der Waals surface area contributed by atoms with E-state index < -0.39 is 0 Å². The summed E-state index contributed by atoms with van der Waals surface area (Å²) in [7, 11) is 0. The summed E-state index contributed by atoms with van der Waals surface area (Å²) in [6.45, 7) is 20.7. The minimum Gasteiger partial charge on any atom is -0.292 e. The summed E-state index contributed by atoms with van der Waals surface area (Å²) in [5.74, 6) is 0.197. The average Bonchev–Trinajstić information content (AvgIpc) is 2.64. The number of hydrogen-bond acceptors (Lipinski definition) is 1. The van der Waals surface area contributed by atoms with E-state index in [1.165, 1.54) is 27.8 Å². The molecule has 2 rings (SSSR count). The fraction of sp³-hybridized carbons (Fsp3) is 0.296. The number of benzene rings is 1. The van der Waals surface area contributed by atoms with Crippen molar-refractivity contribution in [3.8, 4) is 0 Å². The van der Waals surface area contributed by atoms with Crippen molar-refractivity contribution in [3.05, 3.63) is 107 Å². The number of aryl methyl sites for hydroxylation is 1. The maximum Gasteiger partial charge on any atom is 0.0810 e. The second-order valence-corrected chi connectivity index (χ2v) is 7.71. The second-order valence-electron chi connectivity index (χ2n) is 7.71. The first-order chi connectivity index (χ1) is 13.4. The molecule has 0 fully saturated rings. The third-order valence-electron chi connectivity index (χ3n) is 5.26. The van der Waals surface area contributed by atoms with Crippen molar-refractivity contribution in [3.63, 3.8) is 0 Å². The van der Waals surface area contributed by atoms with Crippen LogP contribution in [0.15, 0.2) is 95.1 Å². The van der Waals surface area contributed by atoms with Crippen molar-refractivity contribution in [1.82, 2.24) is 0 Å². The van der Waals surface area contributed by atoms with Crippen molar-refractivity contribution in [1.29, 1.82) is 0 Å². The lowest BCUT2D eigenvalue weighted by molar-refractivity contribution is 0.545. The van der Waals surface area contributed by atoms with Gasteiger partial charge in [-0.25, -0.2) is 0 Å². The highest BCUT2D eigenvalue weighted by atomic mass is 14.8. The van der Waals surface area contributed by atoms with Crippen molar-refractivity contribution in [2.75, 3.05) is 0 Å². The molecule has 1 aromatic rings. The van der Waals surface area contributed by atoms with Crippen LogP contribution in [0, 0.1) is 12.8 Å². The summed E-state index contributed by atoms with van der Waals surface area (Å²) in [4.78, 5) is 4.56. The van der Waals surface area contributed by atoms with Gasteiger partial charge in [-0.15, -0.1) is 0 Å². The lowest BCUT2D eigenvalue weighted by atomic mass is 9.82. The van der Waals surface area contributed by atoms with E-state index in [-0.39, 0.29) is 12.0 Å². The molecule has 1 heteroatoms. The third kappa shape index (κ3) is 5.42. The van der Waals surface area contributed by atoms with Gasteiger partial charge in [0.05, 0.1) is 6.04 Å². The first-order valence-corrected chi connectivity index (χ1v) is 9.96. The van der Waals surface area contributed by atoms with Gasteiger partial charge in [0.2, 0.25) is 0 Å². The van der Waals surface area contributed by atoms with Crippen LogP contribution in [0.5, 0.6) is 0 Å². The molecule has 1 unspecified atom stereocenters. The van der Waals surface area contributed by atoms with Gasteiger partial charge in [0, 0.05) is 5.92 Å².